The number of ether oxygens (including phenoxy) is 1. The highest BCUT2D eigenvalue weighted by Gasteiger charge is 2.64. The third kappa shape index (κ3) is 3.16. The molecule has 3 atom stereocenters. The van der Waals surface area contributed by atoms with Crippen LogP contribution < -0.4 is 0 Å². The van der Waals surface area contributed by atoms with Gasteiger partial charge in [0.15, 0.2) is 0 Å². The molecule has 3 aliphatic rings. The van der Waals surface area contributed by atoms with Crippen LogP contribution in [0.1, 0.15) is 30.5 Å². The molecule has 0 aliphatic heterocycles. The quantitative estimate of drug-likeness (QED) is 0.717. The summed E-state index contributed by atoms with van der Waals surface area (Å²) in [6.07, 6.45) is 9.68. The lowest BCUT2D eigenvalue weighted by Gasteiger charge is -2.47. The standard InChI is InChI=1S/C21H28N4O2/c1-24(12-7-16-4-9-22-10-5-16)20(26)19-17-3-8-21(19,15-17)18-6-11-23-25(18)13-14-27-2/h4-6,9-11,17,19H,3,7-8,12-15H2,1-2H3. The molecule has 6 heteroatoms. The van der Waals surface area contributed by atoms with Crippen LogP contribution in [-0.4, -0.2) is 52.9 Å². The minimum Gasteiger partial charge on any atom is -0.383 e. The Kier molecular flexibility index (Phi) is 5.00. The van der Waals surface area contributed by atoms with Gasteiger partial charge < -0.3 is 9.64 Å². The number of nitrogens with zero attached hydrogens (tertiary/aromatic N) is 4. The van der Waals surface area contributed by atoms with E-state index in [1.54, 1.807) is 19.5 Å². The molecule has 0 aromatic carbocycles. The van der Waals surface area contributed by atoms with Crippen molar-refractivity contribution in [2.24, 2.45) is 11.8 Å². The van der Waals surface area contributed by atoms with Crippen LogP contribution in [0, 0.1) is 11.8 Å². The summed E-state index contributed by atoms with van der Waals surface area (Å²) in [5, 5.41) is 4.49. The second-order valence-corrected chi connectivity index (χ2v) is 7.93. The molecular formula is C21H28N4O2. The minimum absolute atomic E-state index is 0.0308. The highest BCUT2D eigenvalue weighted by atomic mass is 16.5. The summed E-state index contributed by atoms with van der Waals surface area (Å²) in [6, 6.07) is 6.14. The zero-order valence-electron chi connectivity index (χ0n) is 16.2. The molecule has 0 saturated heterocycles. The van der Waals surface area contributed by atoms with Crippen molar-refractivity contribution in [3.8, 4) is 0 Å². The van der Waals surface area contributed by atoms with Crippen molar-refractivity contribution >= 4 is 5.91 Å². The fourth-order valence-electron chi connectivity index (χ4n) is 5.11. The van der Waals surface area contributed by atoms with Gasteiger partial charge in [-0.3, -0.25) is 14.5 Å². The van der Waals surface area contributed by atoms with Gasteiger partial charge in [-0.2, -0.15) is 5.10 Å². The van der Waals surface area contributed by atoms with E-state index in [2.05, 4.69) is 16.1 Å². The molecule has 2 aromatic heterocycles. The first-order valence-electron chi connectivity index (χ1n) is 9.81. The second kappa shape index (κ2) is 7.43. The average molecular weight is 368 g/mol. The molecule has 3 fully saturated rings. The smallest absolute Gasteiger partial charge is 0.226 e. The molecule has 1 amide bonds. The van der Waals surface area contributed by atoms with Crippen molar-refractivity contribution in [1.82, 2.24) is 19.7 Å². The number of hydrogen-bond donors (Lipinski definition) is 0. The Morgan fingerprint density at radius 3 is 2.89 bits per heavy atom. The van der Waals surface area contributed by atoms with Crippen molar-refractivity contribution in [1.29, 1.82) is 0 Å². The largest absolute Gasteiger partial charge is 0.383 e. The van der Waals surface area contributed by atoms with Crippen LogP contribution >= 0.6 is 0 Å². The summed E-state index contributed by atoms with van der Waals surface area (Å²) in [5.74, 6) is 0.905. The van der Waals surface area contributed by atoms with Crippen molar-refractivity contribution in [2.45, 2.75) is 37.6 Å². The fourth-order valence-corrected chi connectivity index (χ4v) is 5.11. The average Bonchev–Trinajstić information content (AvgIpc) is 3.39. The van der Waals surface area contributed by atoms with Gasteiger partial charge in [-0.15, -0.1) is 0 Å². The lowest BCUT2D eigenvalue weighted by molar-refractivity contribution is -0.142. The van der Waals surface area contributed by atoms with Crippen molar-refractivity contribution in [3.05, 3.63) is 48.0 Å². The first kappa shape index (κ1) is 18.2. The summed E-state index contributed by atoms with van der Waals surface area (Å²) in [7, 11) is 3.65. The van der Waals surface area contributed by atoms with Crippen molar-refractivity contribution < 1.29 is 9.53 Å². The highest BCUT2D eigenvalue weighted by molar-refractivity contribution is 5.82. The normalized spacial score (nSPS) is 26.0. The van der Waals surface area contributed by atoms with Gasteiger partial charge in [0, 0.05) is 50.4 Å². The maximum atomic E-state index is 13.3. The number of amides is 1. The van der Waals surface area contributed by atoms with Gasteiger partial charge in [0.1, 0.15) is 0 Å². The van der Waals surface area contributed by atoms with Crippen molar-refractivity contribution in [2.75, 3.05) is 27.3 Å². The first-order chi connectivity index (χ1) is 13.2. The van der Waals surface area contributed by atoms with Gasteiger partial charge >= 0.3 is 0 Å². The molecule has 2 aromatic rings. The number of rotatable bonds is 8. The Morgan fingerprint density at radius 2 is 2.15 bits per heavy atom. The molecule has 3 unspecified atom stereocenters. The van der Waals surface area contributed by atoms with E-state index in [0.29, 0.717) is 12.5 Å². The van der Waals surface area contributed by atoms with Gasteiger partial charge in [0.2, 0.25) is 5.91 Å². The summed E-state index contributed by atoms with van der Waals surface area (Å²) in [4.78, 5) is 19.3. The van der Waals surface area contributed by atoms with Crippen LogP contribution in [0.3, 0.4) is 0 Å². The monoisotopic (exact) mass is 368 g/mol. The van der Waals surface area contributed by atoms with Gasteiger partial charge in [-0.25, -0.2) is 0 Å². The maximum absolute atomic E-state index is 13.3. The number of carbonyl (C=O) groups excluding carboxylic acids is 1. The molecule has 5 rings (SSSR count). The maximum Gasteiger partial charge on any atom is 0.226 e. The Bertz CT molecular complexity index is 786. The highest BCUT2D eigenvalue weighted by Crippen LogP contribution is 2.64. The number of hydrogen-bond acceptors (Lipinski definition) is 4. The number of aromatic nitrogens is 3. The van der Waals surface area contributed by atoms with E-state index in [-0.39, 0.29) is 17.2 Å². The van der Waals surface area contributed by atoms with E-state index >= 15 is 0 Å². The lowest BCUT2D eigenvalue weighted by Crippen LogP contribution is -2.53. The van der Waals surface area contributed by atoms with Crippen molar-refractivity contribution in [3.63, 3.8) is 0 Å². The van der Waals surface area contributed by atoms with E-state index in [4.69, 9.17) is 4.74 Å². The topological polar surface area (TPSA) is 60.3 Å². The van der Waals surface area contributed by atoms with E-state index in [0.717, 1.165) is 38.8 Å². The molecule has 0 radical (unpaired) electrons. The molecule has 0 N–H and O–H groups in total. The molecular weight excluding hydrogens is 340 g/mol. The van der Waals surface area contributed by atoms with Gasteiger partial charge in [-0.05, 0) is 55.4 Å². The van der Waals surface area contributed by atoms with E-state index in [1.807, 2.05) is 35.0 Å². The number of methoxy groups -OCH3 is 1. The molecule has 6 nitrogen and oxygen atoms in total. The van der Waals surface area contributed by atoms with E-state index < -0.39 is 0 Å². The summed E-state index contributed by atoms with van der Waals surface area (Å²) in [5.41, 5.74) is 2.40. The molecule has 27 heavy (non-hydrogen) atoms. The zero-order chi connectivity index (χ0) is 18.9. The Hall–Kier alpha value is -2.21. The predicted molar refractivity (Wildman–Crippen MR) is 102 cm³/mol. The molecule has 3 saturated carbocycles. The Morgan fingerprint density at radius 1 is 1.33 bits per heavy atom. The van der Waals surface area contributed by atoms with Crippen LogP contribution in [0.4, 0.5) is 0 Å². The third-order valence-corrected chi connectivity index (χ3v) is 6.52. The van der Waals surface area contributed by atoms with Gasteiger partial charge in [0.25, 0.3) is 0 Å². The molecule has 2 bridgehead atoms. The third-order valence-electron chi connectivity index (χ3n) is 6.52. The SMILES string of the molecule is COCCn1nccc1C12CCC(C1)C2C(=O)N(C)CCc1ccncc1. The number of pyridine rings is 1. The summed E-state index contributed by atoms with van der Waals surface area (Å²) in [6.45, 7) is 2.12. The van der Waals surface area contributed by atoms with Crippen LogP contribution in [-0.2, 0) is 27.9 Å². The molecule has 2 heterocycles. The summed E-state index contributed by atoms with van der Waals surface area (Å²) >= 11 is 0. The van der Waals surface area contributed by atoms with Crippen LogP contribution in [0.2, 0.25) is 0 Å². The Balaban J connectivity index is 1.47. The molecule has 3 aliphatic carbocycles. The van der Waals surface area contributed by atoms with Crippen LogP contribution in [0.15, 0.2) is 36.8 Å². The van der Waals surface area contributed by atoms with Gasteiger partial charge in [-0.1, -0.05) is 0 Å². The molecule has 0 spiro atoms. The van der Waals surface area contributed by atoms with E-state index in [1.165, 1.54) is 11.3 Å². The van der Waals surface area contributed by atoms with Crippen LogP contribution in [0.5, 0.6) is 0 Å². The second-order valence-electron chi connectivity index (χ2n) is 7.93. The van der Waals surface area contributed by atoms with E-state index in [9.17, 15) is 4.79 Å². The number of fused-ring (bicyclic) bond motifs is 1. The summed E-state index contributed by atoms with van der Waals surface area (Å²) < 4.78 is 7.27. The van der Waals surface area contributed by atoms with Gasteiger partial charge in [0.05, 0.1) is 19.1 Å². The van der Waals surface area contributed by atoms with Crippen LogP contribution in [0.25, 0.3) is 0 Å². The lowest BCUT2D eigenvalue weighted by atomic mass is 9.58. The molecule has 144 valence electrons. The first-order valence-corrected chi connectivity index (χ1v) is 9.81. The minimum atomic E-state index is -0.0308. The zero-order valence-corrected chi connectivity index (χ0v) is 16.2. The Labute approximate surface area is 160 Å². The predicted octanol–water partition coefficient (Wildman–Crippen LogP) is 2.29. The fraction of sp³-hybridized carbons (Fsp3) is 0.571. The number of likely N-dealkylation sites (N-methyl/N-ethyl adjacent to an activating group) is 1. The number of carbonyl (C=O) groups is 1.